The monoisotopic (exact) mass is 456 g/mol. The molecule has 4 aromatic rings. The van der Waals surface area contributed by atoms with Gasteiger partial charge < -0.3 is 4.57 Å². The summed E-state index contributed by atoms with van der Waals surface area (Å²) in [6, 6.07) is 12.6. The van der Waals surface area contributed by atoms with E-state index in [9.17, 15) is 22.8 Å². The SMILES string of the molecule is O=C(Nc1nc(-c2ccccn2)cs1)c1ccn(Cc2ccc(C(F)(F)F)cc2)c(=O)c1. The normalized spacial score (nSPS) is 11.3. The molecule has 3 heterocycles. The second-order valence-corrected chi connectivity index (χ2v) is 7.64. The summed E-state index contributed by atoms with van der Waals surface area (Å²) in [5, 5.41) is 4.78. The molecule has 0 aliphatic rings. The number of amides is 1. The number of carbonyl (C=O) groups excluding carboxylic acids is 1. The predicted molar refractivity (Wildman–Crippen MR) is 115 cm³/mol. The molecular weight excluding hydrogens is 441 g/mol. The van der Waals surface area contributed by atoms with Crippen molar-refractivity contribution in [2.45, 2.75) is 12.7 Å². The first-order valence-electron chi connectivity index (χ1n) is 9.34. The Morgan fingerprint density at radius 2 is 1.84 bits per heavy atom. The zero-order valence-electron chi connectivity index (χ0n) is 16.3. The highest BCUT2D eigenvalue weighted by Gasteiger charge is 2.29. The zero-order chi connectivity index (χ0) is 22.7. The summed E-state index contributed by atoms with van der Waals surface area (Å²) in [4.78, 5) is 33.4. The minimum Gasteiger partial charge on any atom is -0.311 e. The van der Waals surface area contributed by atoms with Gasteiger partial charge in [-0.1, -0.05) is 18.2 Å². The lowest BCUT2D eigenvalue weighted by Crippen LogP contribution is -2.22. The number of nitrogens with zero attached hydrogens (tertiary/aromatic N) is 3. The fourth-order valence-corrected chi connectivity index (χ4v) is 3.61. The molecule has 32 heavy (non-hydrogen) atoms. The van der Waals surface area contributed by atoms with Crippen LogP contribution in [0.5, 0.6) is 0 Å². The van der Waals surface area contributed by atoms with Crippen LogP contribution >= 0.6 is 11.3 Å². The van der Waals surface area contributed by atoms with Crippen LogP contribution in [-0.2, 0) is 12.7 Å². The van der Waals surface area contributed by atoms with E-state index in [1.165, 1.54) is 46.4 Å². The number of benzene rings is 1. The summed E-state index contributed by atoms with van der Waals surface area (Å²) in [5.74, 6) is -0.495. The van der Waals surface area contributed by atoms with Crippen LogP contribution < -0.4 is 10.9 Å². The van der Waals surface area contributed by atoms with E-state index in [0.717, 1.165) is 12.1 Å². The van der Waals surface area contributed by atoms with Crippen molar-refractivity contribution < 1.29 is 18.0 Å². The van der Waals surface area contributed by atoms with Crippen molar-refractivity contribution in [3.63, 3.8) is 0 Å². The second kappa shape index (κ2) is 8.75. The van der Waals surface area contributed by atoms with E-state index in [4.69, 9.17) is 0 Å². The number of halogens is 3. The lowest BCUT2D eigenvalue weighted by Gasteiger charge is -2.09. The minimum atomic E-state index is -4.42. The van der Waals surface area contributed by atoms with Gasteiger partial charge in [0.1, 0.15) is 5.69 Å². The molecule has 0 atom stereocenters. The van der Waals surface area contributed by atoms with Gasteiger partial charge in [-0.3, -0.25) is 19.9 Å². The van der Waals surface area contributed by atoms with Crippen LogP contribution in [0.15, 0.2) is 77.2 Å². The summed E-state index contributed by atoms with van der Waals surface area (Å²) in [5.41, 5.74) is 0.767. The lowest BCUT2D eigenvalue weighted by atomic mass is 10.1. The van der Waals surface area contributed by atoms with Gasteiger partial charge in [-0.15, -0.1) is 11.3 Å². The molecule has 0 aliphatic heterocycles. The predicted octanol–water partition coefficient (Wildman–Crippen LogP) is 4.69. The number of rotatable bonds is 5. The molecule has 10 heteroatoms. The van der Waals surface area contributed by atoms with E-state index >= 15 is 0 Å². The van der Waals surface area contributed by atoms with Crippen LogP contribution in [0.25, 0.3) is 11.4 Å². The van der Waals surface area contributed by atoms with E-state index in [1.807, 2.05) is 6.07 Å². The molecule has 0 aliphatic carbocycles. The van der Waals surface area contributed by atoms with Gasteiger partial charge in [0.15, 0.2) is 5.13 Å². The van der Waals surface area contributed by atoms with E-state index in [-0.39, 0.29) is 12.1 Å². The molecule has 4 rings (SSSR count). The van der Waals surface area contributed by atoms with Crippen molar-refractivity contribution >= 4 is 22.4 Å². The van der Waals surface area contributed by atoms with Crippen LogP contribution in [0, 0.1) is 0 Å². The highest BCUT2D eigenvalue weighted by molar-refractivity contribution is 7.14. The second-order valence-electron chi connectivity index (χ2n) is 6.78. The number of hydrogen-bond acceptors (Lipinski definition) is 5. The van der Waals surface area contributed by atoms with E-state index < -0.39 is 23.2 Å². The number of alkyl halides is 3. The molecule has 1 N–H and O–H groups in total. The molecule has 1 aromatic carbocycles. The van der Waals surface area contributed by atoms with Gasteiger partial charge in [-0.05, 0) is 35.9 Å². The first-order valence-corrected chi connectivity index (χ1v) is 10.2. The van der Waals surface area contributed by atoms with Crippen LogP contribution in [0.1, 0.15) is 21.5 Å². The maximum absolute atomic E-state index is 12.7. The van der Waals surface area contributed by atoms with Crippen LogP contribution in [-0.4, -0.2) is 20.4 Å². The highest BCUT2D eigenvalue weighted by Crippen LogP contribution is 2.29. The first-order chi connectivity index (χ1) is 15.3. The van der Waals surface area contributed by atoms with Gasteiger partial charge in [-0.2, -0.15) is 13.2 Å². The van der Waals surface area contributed by atoms with Crippen molar-refractivity contribution in [3.8, 4) is 11.4 Å². The molecule has 0 radical (unpaired) electrons. The summed E-state index contributed by atoms with van der Waals surface area (Å²) in [6.07, 6.45) is -1.34. The quantitative estimate of drug-likeness (QED) is 0.473. The van der Waals surface area contributed by atoms with E-state index in [1.54, 1.807) is 23.7 Å². The number of pyridine rings is 2. The molecule has 3 aromatic heterocycles. The molecule has 0 saturated heterocycles. The third-order valence-electron chi connectivity index (χ3n) is 4.54. The summed E-state index contributed by atoms with van der Waals surface area (Å²) in [7, 11) is 0. The third-order valence-corrected chi connectivity index (χ3v) is 5.30. The van der Waals surface area contributed by atoms with Crippen LogP contribution in [0.2, 0.25) is 0 Å². The summed E-state index contributed by atoms with van der Waals surface area (Å²) in [6.45, 7) is 0.0821. The zero-order valence-corrected chi connectivity index (χ0v) is 17.2. The Bertz CT molecular complexity index is 1300. The molecule has 1 amide bonds. The molecular formula is C22H15F3N4O2S. The number of hydrogen-bond donors (Lipinski definition) is 1. The van der Waals surface area contributed by atoms with Gasteiger partial charge in [0.25, 0.3) is 11.5 Å². The number of nitrogens with one attached hydrogen (secondary N) is 1. The molecule has 162 valence electrons. The Morgan fingerprint density at radius 3 is 2.50 bits per heavy atom. The number of aromatic nitrogens is 3. The number of thiazole rings is 1. The average molecular weight is 456 g/mol. The maximum Gasteiger partial charge on any atom is 0.416 e. The Hall–Kier alpha value is -3.79. The molecule has 0 unspecified atom stereocenters. The van der Waals surface area contributed by atoms with Gasteiger partial charge >= 0.3 is 6.18 Å². The summed E-state index contributed by atoms with van der Waals surface area (Å²) < 4.78 is 39.3. The van der Waals surface area contributed by atoms with Crippen LogP contribution in [0.4, 0.5) is 18.3 Å². The fourth-order valence-electron chi connectivity index (χ4n) is 2.91. The minimum absolute atomic E-state index is 0.0821. The summed E-state index contributed by atoms with van der Waals surface area (Å²) >= 11 is 1.23. The molecule has 0 spiro atoms. The highest BCUT2D eigenvalue weighted by atomic mass is 32.1. The largest absolute Gasteiger partial charge is 0.416 e. The Balaban J connectivity index is 1.44. The Kier molecular flexibility index (Phi) is 5.87. The van der Waals surface area contributed by atoms with Crippen LogP contribution in [0.3, 0.4) is 0 Å². The van der Waals surface area contributed by atoms with Gasteiger partial charge in [0.05, 0.1) is 17.8 Å². The van der Waals surface area contributed by atoms with Gasteiger partial charge in [0.2, 0.25) is 0 Å². The van der Waals surface area contributed by atoms with Crippen molar-refractivity contribution in [2.24, 2.45) is 0 Å². The first kappa shape index (κ1) is 21.4. The van der Waals surface area contributed by atoms with Crippen molar-refractivity contribution in [1.82, 2.24) is 14.5 Å². The number of anilines is 1. The third kappa shape index (κ3) is 4.92. The maximum atomic E-state index is 12.7. The van der Waals surface area contributed by atoms with Crippen molar-refractivity contribution in [2.75, 3.05) is 5.32 Å². The van der Waals surface area contributed by atoms with Gasteiger partial charge in [0, 0.05) is 29.4 Å². The van der Waals surface area contributed by atoms with E-state index in [0.29, 0.717) is 22.1 Å². The lowest BCUT2D eigenvalue weighted by molar-refractivity contribution is -0.137. The van der Waals surface area contributed by atoms with Gasteiger partial charge in [-0.25, -0.2) is 4.98 Å². The molecule has 6 nitrogen and oxygen atoms in total. The fraction of sp³-hybridized carbons (Fsp3) is 0.0909. The standard InChI is InChI=1S/C22H15F3N4O2S/c23-22(24,25)16-6-4-14(5-7-16)12-29-10-8-15(11-19(29)30)20(31)28-21-27-18(13-32-21)17-3-1-2-9-26-17/h1-11,13H,12H2,(H,27,28,31). The molecule has 0 fully saturated rings. The molecule has 0 bridgehead atoms. The van der Waals surface area contributed by atoms with Crippen molar-refractivity contribution in [1.29, 1.82) is 0 Å². The average Bonchev–Trinajstić information content (AvgIpc) is 3.24. The molecule has 0 saturated carbocycles. The topological polar surface area (TPSA) is 76.9 Å². The Labute approximate surface area is 184 Å². The Morgan fingerprint density at radius 1 is 1.06 bits per heavy atom. The van der Waals surface area contributed by atoms with Crippen molar-refractivity contribution in [3.05, 3.63) is 99.4 Å². The number of carbonyl (C=O) groups is 1. The smallest absolute Gasteiger partial charge is 0.311 e. The van der Waals surface area contributed by atoms with E-state index in [2.05, 4.69) is 15.3 Å².